The van der Waals surface area contributed by atoms with Gasteiger partial charge in [0.25, 0.3) is 5.91 Å². The van der Waals surface area contributed by atoms with Gasteiger partial charge in [-0.05, 0) is 20.8 Å². The van der Waals surface area contributed by atoms with E-state index in [9.17, 15) is 9.59 Å². The Morgan fingerprint density at radius 3 is 2.36 bits per heavy atom. The van der Waals surface area contributed by atoms with Crippen molar-refractivity contribution in [1.82, 2.24) is 19.9 Å². The molecule has 2 amide bonds. The standard InChI is InChI=1S/C15H24N4O3/c1-4-18(5-2)14(20)11-17-6-8-19(9-7-17)15(21)13-10-12(3)22-16-13/h10H,4-9,11H2,1-3H3. The highest BCUT2D eigenvalue weighted by Crippen LogP contribution is 2.09. The van der Waals surface area contributed by atoms with Crippen molar-refractivity contribution >= 4 is 11.8 Å². The maximum atomic E-state index is 12.3. The quantitative estimate of drug-likeness (QED) is 0.797. The van der Waals surface area contributed by atoms with Crippen LogP contribution in [0.3, 0.4) is 0 Å². The molecular weight excluding hydrogens is 284 g/mol. The van der Waals surface area contributed by atoms with Crippen LogP contribution in [0.2, 0.25) is 0 Å². The van der Waals surface area contributed by atoms with Crippen LogP contribution in [0, 0.1) is 6.92 Å². The molecule has 1 aromatic rings. The van der Waals surface area contributed by atoms with Crippen LogP contribution in [-0.4, -0.2) is 77.5 Å². The van der Waals surface area contributed by atoms with Gasteiger partial charge in [0, 0.05) is 45.3 Å². The third-order valence-electron chi connectivity index (χ3n) is 3.98. The molecule has 0 bridgehead atoms. The molecule has 0 spiro atoms. The van der Waals surface area contributed by atoms with E-state index in [2.05, 4.69) is 10.1 Å². The van der Waals surface area contributed by atoms with Gasteiger partial charge in [-0.3, -0.25) is 14.5 Å². The van der Waals surface area contributed by atoms with Gasteiger partial charge in [-0.1, -0.05) is 5.16 Å². The second kappa shape index (κ2) is 7.40. The zero-order valence-electron chi connectivity index (χ0n) is 13.5. The Labute approximate surface area is 130 Å². The van der Waals surface area contributed by atoms with E-state index in [0.717, 1.165) is 13.1 Å². The number of hydrogen-bond acceptors (Lipinski definition) is 5. The zero-order chi connectivity index (χ0) is 16.1. The molecule has 22 heavy (non-hydrogen) atoms. The summed E-state index contributed by atoms with van der Waals surface area (Å²) in [5.41, 5.74) is 0.352. The molecule has 0 aliphatic carbocycles. The van der Waals surface area contributed by atoms with Crippen LogP contribution in [0.15, 0.2) is 10.6 Å². The minimum absolute atomic E-state index is 0.105. The summed E-state index contributed by atoms with van der Waals surface area (Å²) in [7, 11) is 0. The molecule has 1 aliphatic rings. The van der Waals surface area contributed by atoms with E-state index < -0.39 is 0 Å². The molecule has 0 unspecified atom stereocenters. The highest BCUT2D eigenvalue weighted by atomic mass is 16.5. The maximum absolute atomic E-state index is 12.3. The predicted octanol–water partition coefficient (Wildman–Crippen LogP) is 0.609. The predicted molar refractivity (Wildman–Crippen MR) is 81.5 cm³/mol. The third-order valence-corrected chi connectivity index (χ3v) is 3.98. The molecule has 7 heteroatoms. The summed E-state index contributed by atoms with van der Waals surface area (Å²) in [5, 5.41) is 3.76. The number of rotatable bonds is 5. The van der Waals surface area contributed by atoms with Crippen molar-refractivity contribution in [2.45, 2.75) is 20.8 Å². The average Bonchev–Trinajstić information content (AvgIpc) is 2.95. The lowest BCUT2D eigenvalue weighted by Gasteiger charge is -2.34. The van der Waals surface area contributed by atoms with Gasteiger partial charge >= 0.3 is 0 Å². The molecule has 1 saturated heterocycles. The number of carbonyl (C=O) groups excluding carboxylic acids is 2. The molecule has 1 aliphatic heterocycles. The lowest BCUT2D eigenvalue weighted by atomic mass is 10.2. The van der Waals surface area contributed by atoms with Crippen LogP contribution in [0.4, 0.5) is 0 Å². The summed E-state index contributed by atoms with van der Waals surface area (Å²) in [6, 6.07) is 1.65. The SMILES string of the molecule is CCN(CC)C(=O)CN1CCN(C(=O)c2cc(C)on2)CC1. The summed E-state index contributed by atoms with van der Waals surface area (Å²) in [6.45, 7) is 10.2. The van der Waals surface area contributed by atoms with Crippen LogP contribution in [0.1, 0.15) is 30.1 Å². The molecular formula is C15H24N4O3. The van der Waals surface area contributed by atoms with Crippen molar-refractivity contribution in [3.05, 3.63) is 17.5 Å². The van der Waals surface area contributed by atoms with Crippen LogP contribution in [0.25, 0.3) is 0 Å². The monoisotopic (exact) mass is 308 g/mol. The fourth-order valence-corrected chi connectivity index (χ4v) is 2.61. The number of nitrogens with zero attached hydrogens (tertiary/aromatic N) is 4. The van der Waals surface area contributed by atoms with Crippen molar-refractivity contribution < 1.29 is 14.1 Å². The Kier molecular flexibility index (Phi) is 5.54. The van der Waals surface area contributed by atoms with E-state index in [4.69, 9.17) is 4.52 Å². The van der Waals surface area contributed by atoms with Crippen molar-refractivity contribution in [1.29, 1.82) is 0 Å². The van der Waals surface area contributed by atoms with Crippen LogP contribution < -0.4 is 0 Å². The van der Waals surface area contributed by atoms with Crippen LogP contribution in [0.5, 0.6) is 0 Å². The number of amides is 2. The molecule has 0 radical (unpaired) electrons. The molecule has 0 N–H and O–H groups in total. The maximum Gasteiger partial charge on any atom is 0.276 e. The van der Waals surface area contributed by atoms with Crippen LogP contribution in [-0.2, 0) is 4.79 Å². The van der Waals surface area contributed by atoms with Gasteiger partial charge in [0.05, 0.1) is 6.54 Å². The number of aryl methyl sites for hydroxylation is 1. The van der Waals surface area contributed by atoms with E-state index in [1.165, 1.54) is 0 Å². The van der Waals surface area contributed by atoms with E-state index in [1.807, 2.05) is 18.7 Å². The van der Waals surface area contributed by atoms with Crippen molar-refractivity contribution in [2.24, 2.45) is 0 Å². The van der Waals surface area contributed by atoms with Gasteiger partial charge in [0.2, 0.25) is 5.91 Å². The molecule has 2 heterocycles. The summed E-state index contributed by atoms with van der Waals surface area (Å²) < 4.78 is 4.94. The van der Waals surface area contributed by atoms with Gasteiger partial charge < -0.3 is 14.3 Å². The molecule has 0 aromatic carbocycles. The Bertz CT molecular complexity index is 517. The first-order valence-electron chi connectivity index (χ1n) is 7.77. The smallest absolute Gasteiger partial charge is 0.276 e. The number of aromatic nitrogens is 1. The number of likely N-dealkylation sites (N-methyl/N-ethyl adjacent to an activating group) is 1. The van der Waals surface area contributed by atoms with Gasteiger partial charge in [-0.25, -0.2) is 0 Å². The van der Waals surface area contributed by atoms with E-state index in [0.29, 0.717) is 44.2 Å². The van der Waals surface area contributed by atoms with Gasteiger partial charge in [0.15, 0.2) is 5.69 Å². The van der Waals surface area contributed by atoms with E-state index in [-0.39, 0.29) is 11.8 Å². The zero-order valence-corrected chi connectivity index (χ0v) is 13.5. The minimum atomic E-state index is -0.105. The lowest BCUT2D eigenvalue weighted by Crippen LogP contribution is -2.51. The minimum Gasteiger partial charge on any atom is -0.361 e. The number of carbonyl (C=O) groups is 2. The molecule has 0 atom stereocenters. The lowest BCUT2D eigenvalue weighted by molar-refractivity contribution is -0.132. The summed E-state index contributed by atoms with van der Waals surface area (Å²) in [6.07, 6.45) is 0. The Morgan fingerprint density at radius 1 is 1.23 bits per heavy atom. The highest BCUT2D eigenvalue weighted by Gasteiger charge is 2.25. The molecule has 1 aromatic heterocycles. The first-order chi connectivity index (χ1) is 10.5. The Morgan fingerprint density at radius 2 is 1.86 bits per heavy atom. The van der Waals surface area contributed by atoms with E-state index >= 15 is 0 Å². The normalized spacial score (nSPS) is 15.9. The Balaban J connectivity index is 1.83. The van der Waals surface area contributed by atoms with Gasteiger partial charge in [-0.2, -0.15) is 0 Å². The van der Waals surface area contributed by atoms with Crippen molar-refractivity contribution in [3.8, 4) is 0 Å². The molecule has 1 fully saturated rings. The third kappa shape index (κ3) is 3.85. The molecule has 0 saturated carbocycles. The Hall–Kier alpha value is -1.89. The molecule has 2 rings (SSSR count). The number of piperazine rings is 1. The largest absolute Gasteiger partial charge is 0.361 e. The van der Waals surface area contributed by atoms with E-state index in [1.54, 1.807) is 17.9 Å². The summed E-state index contributed by atoms with van der Waals surface area (Å²) >= 11 is 0. The fraction of sp³-hybridized carbons (Fsp3) is 0.667. The number of hydrogen-bond donors (Lipinski definition) is 0. The molecule has 7 nitrogen and oxygen atoms in total. The second-order valence-corrected chi connectivity index (χ2v) is 5.46. The average molecular weight is 308 g/mol. The summed E-state index contributed by atoms with van der Waals surface area (Å²) in [4.78, 5) is 30.0. The molecule has 122 valence electrons. The van der Waals surface area contributed by atoms with Gasteiger partial charge in [-0.15, -0.1) is 0 Å². The highest BCUT2D eigenvalue weighted by molar-refractivity contribution is 5.92. The van der Waals surface area contributed by atoms with Crippen molar-refractivity contribution in [2.75, 3.05) is 45.8 Å². The second-order valence-electron chi connectivity index (χ2n) is 5.46. The van der Waals surface area contributed by atoms with Crippen molar-refractivity contribution in [3.63, 3.8) is 0 Å². The first kappa shape index (κ1) is 16.5. The van der Waals surface area contributed by atoms with Gasteiger partial charge in [0.1, 0.15) is 5.76 Å². The van der Waals surface area contributed by atoms with Crippen LogP contribution >= 0.6 is 0 Å². The fourth-order valence-electron chi connectivity index (χ4n) is 2.61. The topological polar surface area (TPSA) is 69.9 Å². The first-order valence-corrected chi connectivity index (χ1v) is 7.77. The summed E-state index contributed by atoms with van der Waals surface area (Å²) in [5.74, 6) is 0.676.